The number of nitrogens with zero attached hydrogens (tertiary/aromatic N) is 4. The first-order chi connectivity index (χ1) is 10.8. The Morgan fingerprint density at radius 2 is 1.68 bits per heavy atom. The van der Waals surface area contributed by atoms with Gasteiger partial charge in [-0.3, -0.25) is 9.80 Å². The number of rotatable bonds is 6. The third-order valence-electron chi connectivity index (χ3n) is 4.06. The molecule has 3 rings (SSSR count). The van der Waals surface area contributed by atoms with E-state index in [9.17, 15) is 0 Å². The largest absolute Gasteiger partial charge is 0.338 e. The predicted octanol–water partition coefficient (Wildman–Crippen LogP) is 2.34. The van der Waals surface area contributed by atoms with E-state index in [-0.39, 0.29) is 0 Å². The molecule has 1 aliphatic rings. The van der Waals surface area contributed by atoms with Crippen LogP contribution in [-0.4, -0.2) is 46.1 Å². The van der Waals surface area contributed by atoms with Crippen LogP contribution in [0.1, 0.15) is 30.6 Å². The second-order valence-corrected chi connectivity index (χ2v) is 5.89. The van der Waals surface area contributed by atoms with Crippen LogP contribution in [0, 0.1) is 0 Å². The molecule has 118 valence electrons. The van der Waals surface area contributed by atoms with E-state index in [0.29, 0.717) is 0 Å². The Morgan fingerprint density at radius 1 is 1.00 bits per heavy atom. The maximum atomic E-state index is 5.33. The molecule has 2 aromatic rings. The van der Waals surface area contributed by atoms with Crippen LogP contribution in [0.2, 0.25) is 0 Å². The molecule has 0 amide bonds. The van der Waals surface area contributed by atoms with Gasteiger partial charge in [-0.2, -0.15) is 4.98 Å². The average Bonchev–Trinajstić information content (AvgIpc) is 2.98. The molecule has 0 aliphatic carbocycles. The summed E-state index contributed by atoms with van der Waals surface area (Å²) in [6, 6.07) is 10.7. The van der Waals surface area contributed by atoms with Crippen LogP contribution in [0.3, 0.4) is 0 Å². The van der Waals surface area contributed by atoms with Crippen LogP contribution in [-0.2, 0) is 19.5 Å². The van der Waals surface area contributed by atoms with Gasteiger partial charge in [0.15, 0.2) is 5.82 Å². The van der Waals surface area contributed by atoms with E-state index in [1.54, 1.807) is 0 Å². The van der Waals surface area contributed by atoms with Crippen molar-refractivity contribution in [3.8, 4) is 0 Å². The number of hydrogen-bond acceptors (Lipinski definition) is 5. The Kier molecular flexibility index (Phi) is 5.19. The van der Waals surface area contributed by atoms with Gasteiger partial charge in [-0.25, -0.2) is 0 Å². The molecular formula is C17H24N4O. The summed E-state index contributed by atoms with van der Waals surface area (Å²) in [5.74, 6) is 1.58. The molecule has 0 bridgehead atoms. The molecule has 0 atom stereocenters. The molecule has 0 unspecified atom stereocenters. The summed E-state index contributed by atoms with van der Waals surface area (Å²) in [7, 11) is 0. The second kappa shape index (κ2) is 7.51. The summed E-state index contributed by atoms with van der Waals surface area (Å²) in [6.45, 7) is 8.22. The molecule has 5 nitrogen and oxygen atoms in total. The lowest BCUT2D eigenvalue weighted by Crippen LogP contribution is -2.45. The van der Waals surface area contributed by atoms with Gasteiger partial charge in [0.25, 0.3) is 0 Å². The van der Waals surface area contributed by atoms with Gasteiger partial charge in [-0.15, -0.1) is 0 Å². The van der Waals surface area contributed by atoms with Gasteiger partial charge in [0.2, 0.25) is 5.89 Å². The normalized spacial score (nSPS) is 17.0. The predicted molar refractivity (Wildman–Crippen MR) is 85.3 cm³/mol. The first-order valence-corrected chi connectivity index (χ1v) is 8.13. The van der Waals surface area contributed by atoms with Crippen molar-refractivity contribution in [2.75, 3.05) is 26.2 Å². The summed E-state index contributed by atoms with van der Waals surface area (Å²) < 4.78 is 5.33. The highest BCUT2D eigenvalue weighted by Crippen LogP contribution is 2.11. The molecule has 2 heterocycles. The van der Waals surface area contributed by atoms with Gasteiger partial charge in [-0.1, -0.05) is 42.4 Å². The van der Waals surface area contributed by atoms with Crippen molar-refractivity contribution < 1.29 is 4.52 Å². The minimum atomic E-state index is 0.750. The highest BCUT2D eigenvalue weighted by Gasteiger charge is 2.19. The van der Waals surface area contributed by atoms with Crippen LogP contribution in [0.15, 0.2) is 34.9 Å². The lowest BCUT2D eigenvalue weighted by Gasteiger charge is -2.33. The smallest absolute Gasteiger partial charge is 0.240 e. The third kappa shape index (κ3) is 4.15. The van der Waals surface area contributed by atoms with Crippen molar-refractivity contribution in [3.63, 3.8) is 0 Å². The number of piperazine rings is 1. The molecule has 0 saturated carbocycles. The quantitative estimate of drug-likeness (QED) is 0.819. The van der Waals surface area contributed by atoms with Crippen LogP contribution in [0.4, 0.5) is 0 Å². The monoisotopic (exact) mass is 300 g/mol. The third-order valence-corrected chi connectivity index (χ3v) is 4.06. The first kappa shape index (κ1) is 15.2. The maximum absolute atomic E-state index is 5.33. The van der Waals surface area contributed by atoms with E-state index in [2.05, 4.69) is 57.2 Å². The second-order valence-electron chi connectivity index (χ2n) is 5.89. The summed E-state index contributed by atoms with van der Waals surface area (Å²) in [4.78, 5) is 9.34. The zero-order valence-corrected chi connectivity index (χ0v) is 13.2. The van der Waals surface area contributed by atoms with Crippen LogP contribution in [0.25, 0.3) is 0 Å². The minimum absolute atomic E-state index is 0.750. The Labute approximate surface area is 131 Å². The van der Waals surface area contributed by atoms with Gasteiger partial charge < -0.3 is 4.52 Å². The van der Waals surface area contributed by atoms with Gasteiger partial charge >= 0.3 is 0 Å². The van der Waals surface area contributed by atoms with E-state index in [0.717, 1.165) is 63.8 Å². The van der Waals surface area contributed by atoms with Crippen LogP contribution in [0.5, 0.6) is 0 Å². The number of aromatic nitrogens is 2. The van der Waals surface area contributed by atoms with Crippen molar-refractivity contribution in [2.45, 2.75) is 32.9 Å². The molecule has 0 N–H and O–H groups in total. The number of benzene rings is 1. The molecule has 22 heavy (non-hydrogen) atoms. The molecule has 1 aromatic carbocycles. The standard InChI is InChI=1S/C17H24N4O/c1-2-6-16-18-17(22-19-16)14-21-11-9-20(10-12-21)13-15-7-4-3-5-8-15/h3-5,7-8H,2,6,9-14H2,1H3. The molecule has 0 radical (unpaired) electrons. The van der Waals surface area contributed by atoms with Crippen molar-refractivity contribution in [1.82, 2.24) is 19.9 Å². The lowest BCUT2D eigenvalue weighted by atomic mass is 10.2. The highest BCUT2D eigenvalue weighted by molar-refractivity contribution is 5.14. The number of aryl methyl sites for hydroxylation is 1. The minimum Gasteiger partial charge on any atom is -0.338 e. The number of hydrogen-bond donors (Lipinski definition) is 0. The summed E-state index contributed by atoms with van der Waals surface area (Å²) >= 11 is 0. The van der Waals surface area contributed by atoms with Gasteiger partial charge in [-0.05, 0) is 12.0 Å². The first-order valence-electron chi connectivity index (χ1n) is 8.13. The molecule has 1 aromatic heterocycles. The van der Waals surface area contributed by atoms with E-state index in [1.165, 1.54) is 5.56 Å². The summed E-state index contributed by atoms with van der Waals surface area (Å²) in [6.07, 6.45) is 1.95. The SMILES string of the molecule is CCCc1noc(CN2CCN(Cc3ccccc3)CC2)n1. The van der Waals surface area contributed by atoms with Crippen LogP contribution < -0.4 is 0 Å². The van der Waals surface area contributed by atoms with E-state index >= 15 is 0 Å². The van der Waals surface area contributed by atoms with Crippen molar-refractivity contribution >= 4 is 0 Å². The van der Waals surface area contributed by atoms with Crippen molar-refractivity contribution in [2.24, 2.45) is 0 Å². The lowest BCUT2D eigenvalue weighted by molar-refractivity contribution is 0.112. The molecule has 1 saturated heterocycles. The van der Waals surface area contributed by atoms with Gasteiger partial charge in [0, 0.05) is 39.1 Å². The zero-order chi connectivity index (χ0) is 15.2. The fraction of sp³-hybridized carbons (Fsp3) is 0.529. The molecular weight excluding hydrogens is 276 g/mol. The topological polar surface area (TPSA) is 45.4 Å². The average molecular weight is 300 g/mol. The molecule has 0 spiro atoms. The van der Waals surface area contributed by atoms with E-state index in [1.807, 2.05) is 0 Å². The summed E-state index contributed by atoms with van der Waals surface area (Å²) in [5.41, 5.74) is 1.39. The molecule has 5 heteroatoms. The Morgan fingerprint density at radius 3 is 2.36 bits per heavy atom. The zero-order valence-electron chi connectivity index (χ0n) is 13.2. The van der Waals surface area contributed by atoms with E-state index in [4.69, 9.17) is 4.52 Å². The Bertz CT molecular complexity index is 561. The maximum Gasteiger partial charge on any atom is 0.240 e. The molecule has 1 aliphatic heterocycles. The highest BCUT2D eigenvalue weighted by atomic mass is 16.5. The van der Waals surface area contributed by atoms with E-state index < -0.39 is 0 Å². The van der Waals surface area contributed by atoms with Gasteiger partial charge in [0.05, 0.1) is 6.54 Å². The molecule has 1 fully saturated rings. The fourth-order valence-electron chi connectivity index (χ4n) is 2.82. The van der Waals surface area contributed by atoms with Crippen molar-refractivity contribution in [3.05, 3.63) is 47.6 Å². The Hall–Kier alpha value is -1.72. The Balaban J connectivity index is 1.45. The van der Waals surface area contributed by atoms with Gasteiger partial charge in [0.1, 0.15) is 0 Å². The van der Waals surface area contributed by atoms with Crippen molar-refractivity contribution in [1.29, 1.82) is 0 Å². The summed E-state index contributed by atoms with van der Waals surface area (Å²) in [5, 5.41) is 4.02. The fourth-order valence-corrected chi connectivity index (χ4v) is 2.82. The van der Waals surface area contributed by atoms with Crippen LogP contribution >= 0.6 is 0 Å².